The van der Waals surface area contributed by atoms with Crippen LogP contribution in [0.1, 0.15) is 10.4 Å². The number of aromatic nitrogens is 2. The van der Waals surface area contributed by atoms with Crippen molar-refractivity contribution >= 4 is 28.5 Å². The first kappa shape index (κ1) is 12.7. The third-order valence-electron chi connectivity index (χ3n) is 3.25. The van der Waals surface area contributed by atoms with Crippen molar-refractivity contribution in [1.82, 2.24) is 9.55 Å². The fourth-order valence-corrected chi connectivity index (χ4v) is 2.55. The minimum absolute atomic E-state index is 0.167. The Hall–Kier alpha value is -2.33. The molecule has 0 unspecified atom stereocenters. The highest BCUT2D eigenvalue weighted by atomic mass is 35.5. The Morgan fingerprint density at radius 3 is 2.75 bits per heavy atom. The molecule has 1 aromatic carbocycles. The molecule has 0 radical (unpaired) electrons. The minimum atomic E-state index is -0.986. The number of fused-ring (bicyclic) bond motifs is 1. The van der Waals surface area contributed by atoms with Gasteiger partial charge in [0.1, 0.15) is 0 Å². The van der Waals surface area contributed by atoms with Gasteiger partial charge >= 0.3 is 5.97 Å². The van der Waals surface area contributed by atoms with Crippen LogP contribution in [-0.4, -0.2) is 20.6 Å². The first-order chi connectivity index (χ1) is 9.58. The normalized spacial score (nSPS) is 10.9. The minimum Gasteiger partial charge on any atom is -0.478 e. The first-order valence-corrected chi connectivity index (χ1v) is 6.39. The fourth-order valence-electron chi connectivity index (χ4n) is 2.27. The number of aryl methyl sites for hydroxylation is 1. The van der Waals surface area contributed by atoms with Gasteiger partial charge in [0, 0.05) is 35.9 Å². The SMILES string of the molecule is Cn1cc(-c2ccc(C(=O)O)cn2)c2c(Cl)cccc21. The van der Waals surface area contributed by atoms with Gasteiger partial charge in [-0.1, -0.05) is 17.7 Å². The van der Waals surface area contributed by atoms with Crippen LogP contribution >= 0.6 is 11.6 Å². The largest absolute Gasteiger partial charge is 0.478 e. The Bertz CT molecular complexity index is 807. The van der Waals surface area contributed by atoms with Gasteiger partial charge in [-0.25, -0.2) is 4.79 Å². The number of pyridine rings is 1. The molecule has 3 rings (SSSR count). The lowest BCUT2D eigenvalue weighted by Crippen LogP contribution is -1.96. The second-order valence-corrected chi connectivity index (χ2v) is 4.93. The number of hydrogen-bond donors (Lipinski definition) is 1. The summed E-state index contributed by atoms with van der Waals surface area (Å²) in [4.78, 5) is 15.1. The number of rotatable bonds is 2. The zero-order valence-electron chi connectivity index (χ0n) is 10.7. The molecule has 100 valence electrons. The molecule has 2 heterocycles. The maximum absolute atomic E-state index is 10.9. The Labute approximate surface area is 120 Å². The molecule has 0 spiro atoms. The monoisotopic (exact) mass is 286 g/mol. The molecule has 0 bridgehead atoms. The lowest BCUT2D eigenvalue weighted by molar-refractivity contribution is 0.0696. The molecule has 5 heteroatoms. The van der Waals surface area contributed by atoms with E-state index in [1.54, 1.807) is 12.1 Å². The predicted octanol–water partition coefficient (Wildman–Crippen LogP) is 3.59. The molecule has 0 amide bonds. The fraction of sp³-hybridized carbons (Fsp3) is 0.0667. The lowest BCUT2D eigenvalue weighted by atomic mass is 10.1. The average Bonchev–Trinajstić information content (AvgIpc) is 2.78. The number of carboxylic acids is 1. The van der Waals surface area contributed by atoms with Crippen molar-refractivity contribution in [2.24, 2.45) is 7.05 Å². The number of nitrogens with zero attached hydrogens (tertiary/aromatic N) is 2. The maximum atomic E-state index is 10.9. The van der Waals surface area contributed by atoms with Gasteiger partial charge in [-0.05, 0) is 24.3 Å². The van der Waals surface area contributed by atoms with E-state index in [-0.39, 0.29) is 5.56 Å². The summed E-state index contributed by atoms with van der Waals surface area (Å²) in [5, 5.41) is 10.5. The highest BCUT2D eigenvalue weighted by Gasteiger charge is 2.13. The number of aromatic carboxylic acids is 1. The van der Waals surface area contributed by atoms with E-state index in [0.29, 0.717) is 10.7 Å². The molecule has 0 atom stereocenters. The summed E-state index contributed by atoms with van der Waals surface area (Å²) in [6, 6.07) is 8.95. The molecule has 0 saturated heterocycles. The van der Waals surface area contributed by atoms with Gasteiger partial charge in [-0.15, -0.1) is 0 Å². The third kappa shape index (κ3) is 1.94. The van der Waals surface area contributed by atoms with E-state index in [4.69, 9.17) is 16.7 Å². The quantitative estimate of drug-likeness (QED) is 0.783. The molecule has 1 N–H and O–H groups in total. The summed E-state index contributed by atoms with van der Waals surface area (Å²) in [5.41, 5.74) is 2.77. The zero-order chi connectivity index (χ0) is 14.3. The summed E-state index contributed by atoms with van der Waals surface area (Å²) in [5.74, 6) is -0.986. The number of halogens is 1. The predicted molar refractivity (Wildman–Crippen MR) is 78.1 cm³/mol. The van der Waals surface area contributed by atoms with Crippen LogP contribution in [0.5, 0.6) is 0 Å². The smallest absolute Gasteiger partial charge is 0.337 e. The van der Waals surface area contributed by atoms with Gasteiger partial charge < -0.3 is 9.67 Å². The van der Waals surface area contributed by atoms with E-state index in [2.05, 4.69) is 4.98 Å². The molecule has 20 heavy (non-hydrogen) atoms. The summed E-state index contributed by atoms with van der Waals surface area (Å²) < 4.78 is 1.98. The van der Waals surface area contributed by atoms with Crippen molar-refractivity contribution < 1.29 is 9.90 Å². The first-order valence-electron chi connectivity index (χ1n) is 6.01. The van der Waals surface area contributed by atoms with Crippen molar-refractivity contribution in [3.05, 3.63) is 53.3 Å². The molecule has 0 aliphatic heterocycles. The van der Waals surface area contributed by atoms with Crippen molar-refractivity contribution in [2.45, 2.75) is 0 Å². The standard InChI is InChI=1S/C15H11ClN2O2/c1-18-8-10(14-11(16)3-2-4-13(14)18)12-6-5-9(7-17-12)15(19)20/h2-8H,1H3,(H,19,20). The number of carboxylic acid groups (broad SMARTS) is 1. The van der Waals surface area contributed by atoms with E-state index >= 15 is 0 Å². The Balaban J connectivity index is 2.22. The summed E-state index contributed by atoms with van der Waals surface area (Å²) >= 11 is 6.27. The molecule has 2 aromatic heterocycles. The van der Waals surface area contributed by atoms with Crippen LogP contribution in [0.15, 0.2) is 42.7 Å². The summed E-state index contributed by atoms with van der Waals surface area (Å²) in [6.45, 7) is 0. The van der Waals surface area contributed by atoms with Crippen molar-refractivity contribution in [3.63, 3.8) is 0 Å². The highest BCUT2D eigenvalue weighted by molar-refractivity contribution is 6.36. The van der Waals surface area contributed by atoms with Gasteiger partial charge in [0.05, 0.1) is 16.3 Å². The molecule has 0 aliphatic carbocycles. The van der Waals surface area contributed by atoms with E-state index in [1.807, 2.05) is 36.0 Å². The van der Waals surface area contributed by atoms with Crippen molar-refractivity contribution in [1.29, 1.82) is 0 Å². The van der Waals surface area contributed by atoms with Crippen molar-refractivity contribution in [2.75, 3.05) is 0 Å². The van der Waals surface area contributed by atoms with Crippen LogP contribution in [0.3, 0.4) is 0 Å². The highest BCUT2D eigenvalue weighted by Crippen LogP contribution is 2.34. The van der Waals surface area contributed by atoms with Crippen LogP contribution in [0.4, 0.5) is 0 Å². The number of hydrogen-bond acceptors (Lipinski definition) is 2. The molecule has 0 saturated carbocycles. The molecular weight excluding hydrogens is 276 g/mol. The van der Waals surface area contributed by atoms with E-state index in [1.165, 1.54) is 6.20 Å². The van der Waals surface area contributed by atoms with Gasteiger partial charge in [0.2, 0.25) is 0 Å². The Morgan fingerprint density at radius 2 is 2.10 bits per heavy atom. The Kier molecular flexibility index (Phi) is 2.95. The van der Waals surface area contributed by atoms with E-state index in [0.717, 1.165) is 16.5 Å². The third-order valence-corrected chi connectivity index (χ3v) is 3.57. The van der Waals surface area contributed by atoms with Gasteiger partial charge in [0.25, 0.3) is 0 Å². The Morgan fingerprint density at radius 1 is 1.30 bits per heavy atom. The van der Waals surface area contributed by atoms with Crippen LogP contribution in [0.25, 0.3) is 22.2 Å². The molecule has 0 aliphatic rings. The van der Waals surface area contributed by atoms with E-state index < -0.39 is 5.97 Å². The second kappa shape index (κ2) is 4.65. The van der Waals surface area contributed by atoms with Gasteiger partial charge in [-0.3, -0.25) is 4.98 Å². The van der Waals surface area contributed by atoms with Crippen LogP contribution in [-0.2, 0) is 7.05 Å². The van der Waals surface area contributed by atoms with Gasteiger partial charge in [-0.2, -0.15) is 0 Å². The zero-order valence-corrected chi connectivity index (χ0v) is 11.4. The molecule has 4 nitrogen and oxygen atoms in total. The van der Waals surface area contributed by atoms with Crippen LogP contribution in [0, 0.1) is 0 Å². The van der Waals surface area contributed by atoms with Gasteiger partial charge in [0.15, 0.2) is 0 Å². The second-order valence-electron chi connectivity index (χ2n) is 4.52. The molecule has 3 aromatic rings. The maximum Gasteiger partial charge on any atom is 0.337 e. The van der Waals surface area contributed by atoms with E-state index in [9.17, 15) is 4.79 Å². The van der Waals surface area contributed by atoms with Crippen LogP contribution < -0.4 is 0 Å². The average molecular weight is 287 g/mol. The summed E-state index contributed by atoms with van der Waals surface area (Å²) in [7, 11) is 1.94. The molecular formula is C15H11ClN2O2. The topological polar surface area (TPSA) is 55.1 Å². The lowest BCUT2D eigenvalue weighted by Gasteiger charge is -2.01. The summed E-state index contributed by atoms with van der Waals surface area (Å²) in [6.07, 6.45) is 3.30. The van der Waals surface area contributed by atoms with Crippen LogP contribution in [0.2, 0.25) is 5.02 Å². The van der Waals surface area contributed by atoms with Crippen molar-refractivity contribution in [3.8, 4) is 11.3 Å². The molecule has 0 fully saturated rings. The number of carbonyl (C=O) groups is 1. The number of benzene rings is 1.